The normalized spacial score (nSPS) is 31.0. The molecule has 0 amide bonds. The maximum absolute atomic E-state index is 11.7. The quantitative estimate of drug-likeness (QED) is 0.864. The largest absolute Gasteiger partial charge is 0.307 e. The van der Waals surface area contributed by atoms with Crippen LogP contribution in [-0.4, -0.2) is 21.8 Å². The fraction of sp³-hybridized carbons (Fsp3) is 0.500. The predicted octanol–water partition coefficient (Wildman–Crippen LogP) is 2.62. The minimum Gasteiger partial charge on any atom is -0.307 e. The van der Waals surface area contributed by atoms with Crippen LogP contribution in [0.5, 0.6) is 0 Å². The summed E-state index contributed by atoms with van der Waals surface area (Å²) < 4.78 is 12.8. The molecule has 0 radical (unpaired) electrons. The monoisotopic (exact) mass is 301 g/mol. The maximum atomic E-state index is 11.7. The molecule has 0 saturated carbocycles. The Balaban J connectivity index is 2.18. The number of hydrogen-bond donors (Lipinski definition) is 1. The van der Waals surface area contributed by atoms with E-state index in [0.717, 1.165) is 22.4 Å². The van der Waals surface area contributed by atoms with Gasteiger partial charge >= 0.3 is 0 Å². The molecule has 0 bridgehead atoms. The predicted molar refractivity (Wildman–Crippen MR) is 72.0 cm³/mol. The molecule has 88 valence electrons. The fourth-order valence-corrected chi connectivity index (χ4v) is 3.65. The van der Waals surface area contributed by atoms with Crippen LogP contribution in [0, 0.1) is 0 Å². The second-order valence-electron chi connectivity index (χ2n) is 4.27. The zero-order valence-electron chi connectivity index (χ0n) is 9.28. The summed E-state index contributed by atoms with van der Waals surface area (Å²) in [4.78, 5) is 0. The van der Waals surface area contributed by atoms with Crippen LogP contribution < -0.4 is 5.32 Å². The molecule has 1 aliphatic heterocycles. The lowest BCUT2D eigenvalue weighted by Gasteiger charge is -2.19. The van der Waals surface area contributed by atoms with Crippen LogP contribution in [0.1, 0.15) is 24.9 Å². The molecule has 2 nitrogen and oxygen atoms in total. The number of benzene rings is 1. The van der Waals surface area contributed by atoms with Crippen molar-refractivity contribution < 1.29 is 4.21 Å². The maximum Gasteiger partial charge on any atom is 0.0438 e. The average molecular weight is 302 g/mol. The third-order valence-electron chi connectivity index (χ3n) is 2.89. The molecule has 1 aliphatic rings. The highest BCUT2D eigenvalue weighted by Gasteiger charge is 2.21. The van der Waals surface area contributed by atoms with Crippen LogP contribution in [0.3, 0.4) is 0 Å². The van der Waals surface area contributed by atoms with Gasteiger partial charge in [0.1, 0.15) is 0 Å². The molecule has 0 spiro atoms. The van der Waals surface area contributed by atoms with E-state index < -0.39 is 10.8 Å². The summed E-state index contributed by atoms with van der Waals surface area (Å²) in [6.45, 7) is 2.16. The van der Waals surface area contributed by atoms with Gasteiger partial charge in [0.05, 0.1) is 0 Å². The van der Waals surface area contributed by atoms with Crippen LogP contribution in [0.15, 0.2) is 28.7 Å². The highest BCUT2D eigenvalue weighted by molar-refractivity contribution is 9.10. The first-order chi connectivity index (χ1) is 7.65. The van der Waals surface area contributed by atoms with E-state index in [9.17, 15) is 4.21 Å². The van der Waals surface area contributed by atoms with Gasteiger partial charge in [-0.3, -0.25) is 4.21 Å². The van der Waals surface area contributed by atoms with E-state index in [1.807, 2.05) is 12.1 Å². The molecule has 3 unspecified atom stereocenters. The molecular weight excluding hydrogens is 286 g/mol. The van der Waals surface area contributed by atoms with Gasteiger partial charge in [-0.25, -0.2) is 0 Å². The first kappa shape index (κ1) is 12.3. The molecule has 1 heterocycles. The number of halogens is 1. The fourth-order valence-electron chi connectivity index (χ4n) is 1.94. The van der Waals surface area contributed by atoms with Crippen LogP contribution in [0.25, 0.3) is 0 Å². The number of nitrogens with one attached hydrogen (secondary N) is 1. The minimum atomic E-state index is -0.688. The number of rotatable bonds is 1. The van der Waals surface area contributed by atoms with E-state index >= 15 is 0 Å². The van der Waals surface area contributed by atoms with E-state index in [0.29, 0.717) is 6.04 Å². The summed E-state index contributed by atoms with van der Waals surface area (Å²) in [6.07, 6.45) is 1.000. The van der Waals surface area contributed by atoms with Crippen molar-refractivity contribution in [2.75, 3.05) is 11.5 Å². The summed E-state index contributed by atoms with van der Waals surface area (Å²) >= 11 is 3.43. The van der Waals surface area contributed by atoms with Crippen molar-refractivity contribution in [2.24, 2.45) is 0 Å². The van der Waals surface area contributed by atoms with Crippen molar-refractivity contribution >= 4 is 26.7 Å². The number of hydrogen-bond acceptors (Lipinski definition) is 2. The SMILES string of the molecule is CC1CCS(=O)CC(c2ccc(Br)cc2)N1. The summed E-state index contributed by atoms with van der Waals surface area (Å²) in [5.41, 5.74) is 1.23. The lowest BCUT2D eigenvalue weighted by molar-refractivity contribution is 0.484. The highest BCUT2D eigenvalue weighted by atomic mass is 79.9. The summed E-state index contributed by atoms with van der Waals surface area (Å²) in [7, 11) is -0.688. The van der Waals surface area contributed by atoms with E-state index in [-0.39, 0.29) is 6.04 Å². The van der Waals surface area contributed by atoms with Crippen LogP contribution in [-0.2, 0) is 10.8 Å². The van der Waals surface area contributed by atoms with Crippen molar-refractivity contribution in [3.05, 3.63) is 34.3 Å². The smallest absolute Gasteiger partial charge is 0.0438 e. The van der Waals surface area contributed by atoms with Gasteiger partial charge in [0.2, 0.25) is 0 Å². The summed E-state index contributed by atoms with van der Waals surface area (Å²) in [5, 5.41) is 3.54. The van der Waals surface area contributed by atoms with E-state index in [1.165, 1.54) is 5.56 Å². The molecule has 1 fully saturated rings. The van der Waals surface area contributed by atoms with Crippen LogP contribution in [0.2, 0.25) is 0 Å². The molecule has 1 saturated heterocycles. The van der Waals surface area contributed by atoms with Gasteiger partial charge < -0.3 is 5.32 Å². The molecule has 1 N–H and O–H groups in total. The lowest BCUT2D eigenvalue weighted by atomic mass is 10.1. The Bertz CT molecular complexity index is 379. The molecule has 2 rings (SSSR count). The van der Waals surface area contributed by atoms with E-state index in [4.69, 9.17) is 0 Å². The first-order valence-electron chi connectivity index (χ1n) is 5.51. The summed E-state index contributed by atoms with van der Waals surface area (Å²) in [6, 6.07) is 8.94. The molecule has 0 aliphatic carbocycles. The van der Waals surface area contributed by atoms with Crippen molar-refractivity contribution in [3.8, 4) is 0 Å². The summed E-state index contributed by atoms with van der Waals surface area (Å²) in [5.74, 6) is 1.55. The topological polar surface area (TPSA) is 29.1 Å². The Labute approximate surface area is 107 Å². The van der Waals surface area contributed by atoms with Crippen LogP contribution >= 0.6 is 15.9 Å². The van der Waals surface area contributed by atoms with Gasteiger partial charge in [0.15, 0.2) is 0 Å². The molecule has 1 aromatic rings. The minimum absolute atomic E-state index is 0.228. The first-order valence-corrected chi connectivity index (χ1v) is 7.80. The molecule has 4 heteroatoms. The van der Waals surface area contributed by atoms with Crippen molar-refractivity contribution in [1.82, 2.24) is 5.32 Å². The van der Waals surface area contributed by atoms with Gasteiger partial charge in [-0.05, 0) is 31.0 Å². The molecule has 0 aromatic heterocycles. The van der Waals surface area contributed by atoms with Gasteiger partial charge in [-0.1, -0.05) is 28.1 Å². The molecule has 16 heavy (non-hydrogen) atoms. The zero-order chi connectivity index (χ0) is 11.5. The average Bonchev–Trinajstić information content (AvgIpc) is 2.42. The van der Waals surface area contributed by atoms with Gasteiger partial charge in [-0.2, -0.15) is 0 Å². The molecular formula is C12H16BrNOS. The molecule has 3 atom stereocenters. The zero-order valence-corrected chi connectivity index (χ0v) is 11.7. The van der Waals surface area contributed by atoms with Crippen LogP contribution in [0.4, 0.5) is 0 Å². The Morgan fingerprint density at radius 3 is 2.75 bits per heavy atom. The third-order valence-corrected chi connectivity index (χ3v) is 4.81. The van der Waals surface area contributed by atoms with Crippen molar-refractivity contribution in [3.63, 3.8) is 0 Å². The second-order valence-corrected chi connectivity index (χ2v) is 6.81. The third kappa shape index (κ3) is 3.15. The molecule has 1 aromatic carbocycles. The standard InChI is InChI=1S/C12H16BrNOS/c1-9-6-7-16(15)8-12(14-9)10-2-4-11(13)5-3-10/h2-5,9,12,14H,6-8H2,1H3. The van der Waals surface area contributed by atoms with Crippen molar-refractivity contribution in [1.29, 1.82) is 0 Å². The van der Waals surface area contributed by atoms with Gasteiger partial charge in [0, 0.05) is 38.9 Å². The Morgan fingerprint density at radius 2 is 2.06 bits per heavy atom. The van der Waals surface area contributed by atoms with E-state index in [2.05, 4.69) is 40.3 Å². The second kappa shape index (κ2) is 5.43. The van der Waals surface area contributed by atoms with Gasteiger partial charge in [0.25, 0.3) is 0 Å². The Morgan fingerprint density at radius 1 is 1.38 bits per heavy atom. The van der Waals surface area contributed by atoms with Gasteiger partial charge in [-0.15, -0.1) is 0 Å². The van der Waals surface area contributed by atoms with Crippen molar-refractivity contribution in [2.45, 2.75) is 25.4 Å². The lowest BCUT2D eigenvalue weighted by Crippen LogP contribution is -2.30. The highest BCUT2D eigenvalue weighted by Crippen LogP contribution is 2.21. The Hall–Kier alpha value is -0.190. The Kier molecular flexibility index (Phi) is 4.16. The van der Waals surface area contributed by atoms with E-state index in [1.54, 1.807) is 0 Å².